The summed E-state index contributed by atoms with van der Waals surface area (Å²) in [6.07, 6.45) is 1.38. The van der Waals surface area contributed by atoms with Crippen molar-refractivity contribution in [1.29, 1.82) is 0 Å². The molecule has 0 aliphatic rings. The highest BCUT2D eigenvalue weighted by molar-refractivity contribution is 9.10. The van der Waals surface area contributed by atoms with E-state index in [4.69, 9.17) is 0 Å². The first-order valence-corrected chi connectivity index (χ1v) is 6.56. The minimum atomic E-state index is -0.486. The van der Waals surface area contributed by atoms with Crippen LogP contribution in [0.4, 0.5) is 5.69 Å². The standard InChI is InChI=1S/C12H10BrN5O3/c1-7-10(13)11(16-15-7)12(19)17-14-6-8-2-4-9(5-3-8)18(20)21/h2-6H,1H3,(H,15,16)(H,17,19). The summed E-state index contributed by atoms with van der Waals surface area (Å²) in [5, 5.41) is 20.8. The lowest BCUT2D eigenvalue weighted by molar-refractivity contribution is -0.384. The molecule has 2 aromatic rings. The van der Waals surface area contributed by atoms with Crippen molar-refractivity contribution >= 4 is 33.7 Å². The first kappa shape index (κ1) is 14.9. The predicted molar refractivity (Wildman–Crippen MR) is 79.2 cm³/mol. The van der Waals surface area contributed by atoms with Crippen molar-refractivity contribution in [2.24, 2.45) is 5.10 Å². The Hall–Kier alpha value is -2.55. The molecule has 2 rings (SSSR count). The average Bonchev–Trinajstić information content (AvgIpc) is 2.79. The van der Waals surface area contributed by atoms with E-state index in [1.165, 1.54) is 30.5 Å². The van der Waals surface area contributed by atoms with Crippen LogP contribution in [0.3, 0.4) is 0 Å². The second kappa shape index (κ2) is 6.27. The lowest BCUT2D eigenvalue weighted by Crippen LogP contribution is -2.18. The fourth-order valence-electron chi connectivity index (χ4n) is 1.47. The lowest BCUT2D eigenvalue weighted by atomic mass is 10.2. The number of halogens is 1. The fourth-order valence-corrected chi connectivity index (χ4v) is 1.82. The van der Waals surface area contributed by atoms with Gasteiger partial charge in [0.05, 0.1) is 15.6 Å². The lowest BCUT2D eigenvalue weighted by Gasteiger charge is -1.97. The largest absolute Gasteiger partial charge is 0.293 e. The van der Waals surface area contributed by atoms with Gasteiger partial charge < -0.3 is 0 Å². The molecule has 0 saturated carbocycles. The van der Waals surface area contributed by atoms with Gasteiger partial charge in [0.1, 0.15) is 0 Å². The number of amides is 1. The third-order valence-corrected chi connectivity index (χ3v) is 3.54. The van der Waals surface area contributed by atoms with Crippen LogP contribution >= 0.6 is 15.9 Å². The number of nitro benzene ring substituents is 1. The summed E-state index contributed by atoms with van der Waals surface area (Å²) in [7, 11) is 0. The topological polar surface area (TPSA) is 113 Å². The van der Waals surface area contributed by atoms with Gasteiger partial charge in [-0.1, -0.05) is 0 Å². The summed E-state index contributed by atoms with van der Waals surface area (Å²) in [5.41, 5.74) is 3.88. The highest BCUT2D eigenvalue weighted by Gasteiger charge is 2.14. The van der Waals surface area contributed by atoms with Crippen molar-refractivity contribution in [2.75, 3.05) is 0 Å². The molecular weight excluding hydrogens is 342 g/mol. The van der Waals surface area contributed by atoms with E-state index in [2.05, 4.69) is 36.7 Å². The number of nitro groups is 1. The van der Waals surface area contributed by atoms with Gasteiger partial charge in [-0.3, -0.25) is 20.0 Å². The van der Waals surface area contributed by atoms with E-state index in [1.807, 2.05) is 0 Å². The van der Waals surface area contributed by atoms with Crippen LogP contribution in [0.25, 0.3) is 0 Å². The van der Waals surface area contributed by atoms with Crippen LogP contribution in [-0.2, 0) is 0 Å². The summed E-state index contributed by atoms with van der Waals surface area (Å²) in [5.74, 6) is -0.468. The zero-order chi connectivity index (χ0) is 15.4. The first-order valence-electron chi connectivity index (χ1n) is 5.77. The number of hydrazone groups is 1. The van der Waals surface area contributed by atoms with Crippen LogP contribution in [0.1, 0.15) is 21.7 Å². The van der Waals surface area contributed by atoms with Gasteiger partial charge in [0, 0.05) is 17.8 Å². The Labute approximate surface area is 127 Å². The number of non-ortho nitro benzene ring substituents is 1. The minimum absolute atomic E-state index is 0.00730. The molecule has 0 bridgehead atoms. The van der Waals surface area contributed by atoms with E-state index in [-0.39, 0.29) is 11.4 Å². The van der Waals surface area contributed by atoms with Crippen molar-refractivity contribution in [3.8, 4) is 0 Å². The molecule has 8 nitrogen and oxygen atoms in total. The van der Waals surface area contributed by atoms with Gasteiger partial charge in [-0.25, -0.2) is 5.43 Å². The number of nitrogens with one attached hydrogen (secondary N) is 2. The van der Waals surface area contributed by atoms with Gasteiger partial charge in [0.25, 0.3) is 11.6 Å². The van der Waals surface area contributed by atoms with Crippen LogP contribution in [-0.4, -0.2) is 27.2 Å². The summed E-state index contributed by atoms with van der Waals surface area (Å²) in [6, 6.07) is 5.78. The van der Waals surface area contributed by atoms with Gasteiger partial charge in [0.15, 0.2) is 5.69 Å². The summed E-state index contributed by atoms with van der Waals surface area (Å²) in [4.78, 5) is 21.8. The third-order valence-electron chi connectivity index (χ3n) is 2.57. The van der Waals surface area contributed by atoms with Crippen LogP contribution in [0.15, 0.2) is 33.8 Å². The maximum atomic E-state index is 11.8. The molecule has 21 heavy (non-hydrogen) atoms. The number of hydrogen-bond acceptors (Lipinski definition) is 5. The zero-order valence-corrected chi connectivity index (χ0v) is 12.4. The molecule has 1 aromatic carbocycles. The van der Waals surface area contributed by atoms with E-state index in [1.54, 1.807) is 6.92 Å². The van der Waals surface area contributed by atoms with Crippen molar-refractivity contribution in [3.63, 3.8) is 0 Å². The normalized spacial score (nSPS) is 10.8. The van der Waals surface area contributed by atoms with E-state index in [0.29, 0.717) is 10.0 Å². The minimum Gasteiger partial charge on any atom is -0.281 e. The van der Waals surface area contributed by atoms with Crippen molar-refractivity contribution in [3.05, 3.63) is 55.8 Å². The van der Waals surface area contributed by atoms with E-state index >= 15 is 0 Å². The SMILES string of the molecule is Cc1[nH]nc(C(=O)NN=Cc2ccc([N+](=O)[O-])cc2)c1Br. The molecule has 2 N–H and O–H groups in total. The number of aryl methyl sites for hydroxylation is 1. The average molecular weight is 352 g/mol. The highest BCUT2D eigenvalue weighted by atomic mass is 79.9. The monoisotopic (exact) mass is 351 g/mol. The molecule has 1 amide bonds. The summed E-state index contributed by atoms with van der Waals surface area (Å²) in [6.45, 7) is 1.77. The quantitative estimate of drug-likeness (QED) is 0.499. The van der Waals surface area contributed by atoms with Crippen LogP contribution in [0.2, 0.25) is 0 Å². The highest BCUT2D eigenvalue weighted by Crippen LogP contribution is 2.17. The Balaban J connectivity index is 2.00. The summed E-state index contributed by atoms with van der Waals surface area (Å²) < 4.78 is 0.575. The van der Waals surface area contributed by atoms with Crippen LogP contribution in [0, 0.1) is 17.0 Å². The Morgan fingerprint density at radius 1 is 1.48 bits per heavy atom. The smallest absolute Gasteiger partial charge is 0.281 e. The van der Waals surface area contributed by atoms with Crippen LogP contribution < -0.4 is 5.43 Å². The maximum Gasteiger partial charge on any atom is 0.293 e. The molecule has 1 aromatic heterocycles. The molecule has 0 radical (unpaired) electrons. The molecule has 1 heterocycles. The number of hydrogen-bond donors (Lipinski definition) is 2. The van der Waals surface area contributed by atoms with Crippen LogP contribution in [0.5, 0.6) is 0 Å². The van der Waals surface area contributed by atoms with E-state index < -0.39 is 10.8 Å². The molecule has 0 unspecified atom stereocenters. The number of benzene rings is 1. The Kier molecular flexibility index (Phi) is 4.43. The van der Waals surface area contributed by atoms with Gasteiger partial charge >= 0.3 is 0 Å². The van der Waals surface area contributed by atoms with Gasteiger partial charge in [-0.2, -0.15) is 10.2 Å². The molecule has 0 spiro atoms. The third kappa shape index (κ3) is 3.51. The Morgan fingerprint density at radius 3 is 2.67 bits per heavy atom. The number of carbonyl (C=O) groups excluding carboxylic acids is 1. The predicted octanol–water partition coefficient (Wildman–Crippen LogP) is 2.15. The molecule has 0 aliphatic carbocycles. The molecule has 0 fully saturated rings. The number of H-pyrrole nitrogens is 1. The van der Waals surface area contributed by atoms with Gasteiger partial charge in [0.2, 0.25) is 0 Å². The number of aromatic nitrogens is 2. The molecule has 0 saturated heterocycles. The number of aromatic amines is 1. The van der Waals surface area contributed by atoms with Gasteiger partial charge in [-0.05, 0) is 40.5 Å². The number of nitrogens with zero attached hydrogens (tertiary/aromatic N) is 3. The fraction of sp³-hybridized carbons (Fsp3) is 0.0833. The van der Waals surface area contributed by atoms with Crippen molar-refractivity contribution < 1.29 is 9.72 Å². The van der Waals surface area contributed by atoms with Gasteiger partial charge in [-0.15, -0.1) is 0 Å². The Morgan fingerprint density at radius 2 is 2.14 bits per heavy atom. The second-order valence-electron chi connectivity index (χ2n) is 4.06. The number of carbonyl (C=O) groups is 1. The van der Waals surface area contributed by atoms with E-state index in [9.17, 15) is 14.9 Å². The zero-order valence-electron chi connectivity index (χ0n) is 10.8. The molecule has 0 atom stereocenters. The van der Waals surface area contributed by atoms with Crippen molar-refractivity contribution in [1.82, 2.24) is 15.6 Å². The Bertz CT molecular complexity index is 708. The summed E-state index contributed by atoms with van der Waals surface area (Å²) >= 11 is 3.24. The molecular formula is C12H10BrN5O3. The first-order chi connectivity index (χ1) is 9.99. The number of rotatable bonds is 4. The molecule has 0 aliphatic heterocycles. The van der Waals surface area contributed by atoms with Crippen molar-refractivity contribution in [2.45, 2.75) is 6.92 Å². The van der Waals surface area contributed by atoms with E-state index in [0.717, 1.165) is 5.69 Å². The molecule has 108 valence electrons. The maximum absolute atomic E-state index is 11.8. The molecule has 9 heteroatoms. The second-order valence-corrected chi connectivity index (χ2v) is 4.85.